The summed E-state index contributed by atoms with van der Waals surface area (Å²) in [5.74, 6) is -1.12. The maximum Gasteiger partial charge on any atom is 0.337 e. The predicted octanol–water partition coefficient (Wildman–Crippen LogP) is 3.37. The highest BCUT2D eigenvalue weighted by atomic mass is 16.6. The molecule has 0 aliphatic heterocycles. The number of ketones is 2. The lowest BCUT2D eigenvalue weighted by molar-refractivity contribution is -0.170. The van der Waals surface area contributed by atoms with Gasteiger partial charge in [0, 0.05) is 16.6 Å². The van der Waals surface area contributed by atoms with E-state index in [0.29, 0.717) is 29.6 Å². The van der Waals surface area contributed by atoms with E-state index in [4.69, 9.17) is 10.5 Å². The minimum atomic E-state index is -1.53. The molecule has 3 N–H and O–H groups in total. The van der Waals surface area contributed by atoms with Gasteiger partial charge in [-0.05, 0) is 54.4 Å². The fraction of sp³-hybridized carbons (Fsp3) is 0.444. The Morgan fingerprint density at radius 3 is 2.42 bits per heavy atom. The van der Waals surface area contributed by atoms with Crippen molar-refractivity contribution in [2.75, 3.05) is 0 Å². The molecule has 5 atom stereocenters. The van der Waals surface area contributed by atoms with E-state index in [-0.39, 0.29) is 17.5 Å². The van der Waals surface area contributed by atoms with Crippen LogP contribution in [0.25, 0.3) is 0 Å². The maximum absolute atomic E-state index is 13.0. The number of carbonyl (C=O) groups is 3. The third-order valence-electron chi connectivity index (χ3n) is 7.79. The van der Waals surface area contributed by atoms with Crippen molar-refractivity contribution in [2.45, 2.75) is 58.8 Å². The third kappa shape index (κ3) is 3.71. The lowest BCUT2D eigenvalue weighted by atomic mass is 9.48. The zero-order chi connectivity index (χ0) is 24.1. The highest BCUT2D eigenvalue weighted by molar-refractivity contribution is 6.21. The number of allylic oxidation sites excluding steroid dienone is 5. The Morgan fingerprint density at radius 2 is 1.76 bits per heavy atom. The summed E-state index contributed by atoms with van der Waals surface area (Å²) in [6, 6.07) is 7.99. The van der Waals surface area contributed by atoms with Crippen molar-refractivity contribution in [1.82, 2.24) is 0 Å². The second-order valence-corrected chi connectivity index (χ2v) is 10.3. The molecule has 0 saturated heterocycles. The van der Waals surface area contributed by atoms with E-state index >= 15 is 0 Å². The molecule has 6 heteroatoms. The topological polar surface area (TPSA) is 107 Å². The Bertz CT molecular complexity index is 1100. The third-order valence-corrected chi connectivity index (χ3v) is 7.79. The Morgan fingerprint density at radius 1 is 1.12 bits per heavy atom. The SMILES string of the molecule is CC1=CC[C@H]2C(C)(C)C3=C(C[C@]2(C)C1OC(=O)[C@H](O)[C@@H](N)c1ccccc1)C(=O)C=CC3=O. The summed E-state index contributed by atoms with van der Waals surface area (Å²) in [6.07, 6.45) is 3.57. The predicted molar refractivity (Wildman–Crippen MR) is 124 cm³/mol. The molecule has 3 aliphatic rings. The van der Waals surface area contributed by atoms with Gasteiger partial charge in [0.25, 0.3) is 0 Å². The average Bonchev–Trinajstić information content (AvgIpc) is 2.77. The fourth-order valence-electron chi connectivity index (χ4n) is 6.18. The van der Waals surface area contributed by atoms with Gasteiger partial charge in [-0.15, -0.1) is 0 Å². The smallest absolute Gasteiger partial charge is 0.337 e. The molecule has 0 bridgehead atoms. The van der Waals surface area contributed by atoms with Gasteiger partial charge in [0.05, 0.1) is 6.04 Å². The first-order chi connectivity index (χ1) is 15.5. The first-order valence-electron chi connectivity index (χ1n) is 11.3. The van der Waals surface area contributed by atoms with Crippen LogP contribution in [0.2, 0.25) is 0 Å². The molecule has 0 saturated carbocycles. The molecule has 6 nitrogen and oxygen atoms in total. The second-order valence-electron chi connectivity index (χ2n) is 10.3. The number of esters is 1. The quantitative estimate of drug-likeness (QED) is 0.415. The van der Waals surface area contributed by atoms with Crippen LogP contribution in [-0.4, -0.2) is 34.9 Å². The fourth-order valence-corrected chi connectivity index (χ4v) is 6.18. The first kappa shape index (κ1) is 23.3. The van der Waals surface area contributed by atoms with Crippen molar-refractivity contribution < 1.29 is 24.2 Å². The Labute approximate surface area is 194 Å². The molecule has 0 fully saturated rings. The summed E-state index contributed by atoms with van der Waals surface area (Å²) in [4.78, 5) is 38.5. The van der Waals surface area contributed by atoms with E-state index in [1.54, 1.807) is 24.3 Å². The molecule has 4 rings (SSSR count). The molecule has 174 valence electrons. The van der Waals surface area contributed by atoms with Crippen LogP contribution in [0.1, 0.15) is 52.1 Å². The molecule has 0 radical (unpaired) electrons. The zero-order valence-corrected chi connectivity index (χ0v) is 19.5. The number of benzene rings is 1. The number of carbonyl (C=O) groups excluding carboxylic acids is 3. The van der Waals surface area contributed by atoms with Crippen LogP contribution in [-0.2, 0) is 19.1 Å². The monoisotopic (exact) mass is 449 g/mol. The van der Waals surface area contributed by atoms with Gasteiger partial charge in [-0.25, -0.2) is 4.79 Å². The lowest BCUT2D eigenvalue weighted by Crippen LogP contribution is -2.55. The van der Waals surface area contributed by atoms with Crippen molar-refractivity contribution in [3.63, 3.8) is 0 Å². The van der Waals surface area contributed by atoms with E-state index < -0.39 is 35.0 Å². The molecular formula is C27H31NO5. The molecule has 0 spiro atoms. The summed E-state index contributed by atoms with van der Waals surface area (Å²) in [7, 11) is 0. The zero-order valence-electron chi connectivity index (χ0n) is 19.5. The van der Waals surface area contributed by atoms with E-state index in [1.807, 2.05) is 39.8 Å². The van der Waals surface area contributed by atoms with E-state index in [2.05, 4.69) is 0 Å². The highest BCUT2D eigenvalue weighted by Gasteiger charge is 2.58. The van der Waals surface area contributed by atoms with Crippen LogP contribution in [0.4, 0.5) is 0 Å². The molecule has 1 aromatic carbocycles. The summed E-state index contributed by atoms with van der Waals surface area (Å²) in [6.45, 7) is 7.88. The van der Waals surface area contributed by atoms with Crippen LogP contribution >= 0.6 is 0 Å². The molecule has 1 unspecified atom stereocenters. The Kier molecular flexibility index (Phi) is 5.79. The first-order valence-corrected chi connectivity index (χ1v) is 11.3. The normalized spacial score (nSPS) is 30.2. The van der Waals surface area contributed by atoms with Crippen molar-refractivity contribution in [2.24, 2.45) is 22.5 Å². The van der Waals surface area contributed by atoms with Gasteiger partial charge in [-0.3, -0.25) is 9.59 Å². The molecule has 3 aliphatic carbocycles. The van der Waals surface area contributed by atoms with Crippen molar-refractivity contribution >= 4 is 17.5 Å². The number of hydrogen-bond acceptors (Lipinski definition) is 6. The van der Waals surface area contributed by atoms with Gasteiger partial charge in [0.1, 0.15) is 6.10 Å². The van der Waals surface area contributed by atoms with E-state index in [1.165, 1.54) is 12.2 Å². The van der Waals surface area contributed by atoms with E-state index in [0.717, 1.165) is 5.57 Å². The van der Waals surface area contributed by atoms with E-state index in [9.17, 15) is 19.5 Å². The number of nitrogens with two attached hydrogens (primary N) is 1. The maximum atomic E-state index is 13.0. The molecular weight excluding hydrogens is 418 g/mol. The molecule has 0 aromatic heterocycles. The second kappa shape index (κ2) is 8.19. The van der Waals surface area contributed by atoms with Crippen LogP contribution in [0.3, 0.4) is 0 Å². The summed E-state index contributed by atoms with van der Waals surface area (Å²) >= 11 is 0. The molecule has 1 aromatic rings. The number of hydrogen-bond donors (Lipinski definition) is 2. The number of rotatable bonds is 4. The standard InChI is InChI=1S/C27H31NO5/c1-15-10-13-20-26(2,3)21-17(18(29)11-12-19(21)30)14-27(20,4)24(15)33-25(32)23(31)22(28)16-8-6-5-7-9-16/h5-12,20,22-24,31H,13-14,28H2,1-4H3/t20-,22-,23+,24?,27-/m0/s1. The van der Waals surface area contributed by atoms with Gasteiger partial charge < -0.3 is 15.6 Å². The van der Waals surface area contributed by atoms with Crippen molar-refractivity contribution in [3.05, 3.63) is 70.8 Å². The highest BCUT2D eigenvalue weighted by Crippen LogP contribution is 2.60. The Balaban J connectivity index is 1.66. The molecule has 33 heavy (non-hydrogen) atoms. The number of aliphatic hydroxyl groups excluding tert-OH is 1. The summed E-state index contributed by atoms with van der Waals surface area (Å²) in [5.41, 5.74) is 7.52. The van der Waals surface area contributed by atoms with Gasteiger partial charge >= 0.3 is 5.97 Å². The number of fused-ring (bicyclic) bond motifs is 1. The lowest BCUT2D eigenvalue weighted by Gasteiger charge is -2.56. The average molecular weight is 450 g/mol. The largest absolute Gasteiger partial charge is 0.455 e. The van der Waals surface area contributed by atoms with Gasteiger partial charge in [0.2, 0.25) is 0 Å². The molecule has 0 amide bonds. The van der Waals surface area contributed by atoms with Crippen molar-refractivity contribution in [1.29, 1.82) is 0 Å². The summed E-state index contributed by atoms with van der Waals surface area (Å²) < 4.78 is 5.94. The number of aliphatic hydroxyl groups is 1. The minimum Gasteiger partial charge on any atom is -0.455 e. The molecule has 0 heterocycles. The van der Waals surface area contributed by atoms with Gasteiger partial charge in [-0.1, -0.05) is 57.2 Å². The van der Waals surface area contributed by atoms with Crippen LogP contribution < -0.4 is 5.73 Å². The van der Waals surface area contributed by atoms with Gasteiger partial charge in [-0.2, -0.15) is 0 Å². The van der Waals surface area contributed by atoms with Crippen LogP contribution in [0.5, 0.6) is 0 Å². The summed E-state index contributed by atoms with van der Waals surface area (Å²) in [5, 5.41) is 10.7. The number of ether oxygens (including phenoxy) is 1. The Hall–Kier alpha value is -2.83. The minimum absolute atomic E-state index is 0.0339. The van der Waals surface area contributed by atoms with Gasteiger partial charge in [0.15, 0.2) is 17.7 Å². The van der Waals surface area contributed by atoms with Crippen molar-refractivity contribution in [3.8, 4) is 0 Å². The van der Waals surface area contributed by atoms with Crippen LogP contribution in [0, 0.1) is 16.7 Å². The van der Waals surface area contributed by atoms with Crippen LogP contribution in [0.15, 0.2) is 65.3 Å².